The number of hydrogen-bond donors (Lipinski definition) is 0. The number of thioether (sulfide) groups is 1. The molecule has 3 aromatic carbocycles. The number of carbonyl (C=O) groups excluding carboxylic acids is 2. The molecule has 3 aromatic rings. The van der Waals surface area contributed by atoms with Crippen molar-refractivity contribution in [1.82, 2.24) is 9.80 Å². The quantitative estimate of drug-likeness (QED) is 0.329. The molecule has 0 aliphatic carbocycles. The fourth-order valence-electron chi connectivity index (χ4n) is 6.19. The standard InChI is InChI=1S/C34H37N3O2S/c1-25-8-7-9-27(22-25)24-37-30-10-3-4-11-31(30)40-32(34(37)39)23-26-12-14-28(15-13-26)33(38)36-20-16-29(17-21-36)35-18-5-2-6-19-35/h3-4,7-15,22-23,29H,2,5-6,16-21,24H2,1H3. The lowest BCUT2D eigenvalue weighted by atomic mass is 9.99. The highest BCUT2D eigenvalue weighted by Gasteiger charge is 2.30. The molecule has 0 N–H and O–H groups in total. The number of carbonyl (C=O) groups is 2. The molecule has 3 aliphatic heterocycles. The normalized spacial score (nSPS) is 19.6. The Labute approximate surface area is 241 Å². The highest BCUT2D eigenvalue weighted by atomic mass is 32.2. The predicted octanol–water partition coefficient (Wildman–Crippen LogP) is 6.77. The third-order valence-electron chi connectivity index (χ3n) is 8.37. The Hall–Kier alpha value is -3.35. The van der Waals surface area contributed by atoms with Gasteiger partial charge in [0.1, 0.15) is 0 Å². The third-order valence-corrected chi connectivity index (χ3v) is 9.45. The average Bonchev–Trinajstić information content (AvgIpc) is 3.00. The van der Waals surface area contributed by atoms with E-state index in [9.17, 15) is 9.59 Å². The summed E-state index contributed by atoms with van der Waals surface area (Å²) < 4.78 is 0. The van der Waals surface area contributed by atoms with Crippen LogP contribution in [0.4, 0.5) is 5.69 Å². The van der Waals surface area contributed by atoms with E-state index in [1.165, 1.54) is 49.7 Å². The maximum atomic E-state index is 13.7. The molecular formula is C34H37N3O2S. The van der Waals surface area contributed by atoms with E-state index in [1.807, 2.05) is 64.4 Å². The first kappa shape index (κ1) is 26.9. The number of amides is 2. The molecule has 6 rings (SSSR count). The molecule has 2 saturated heterocycles. The van der Waals surface area contributed by atoms with Gasteiger partial charge in [0, 0.05) is 29.6 Å². The lowest BCUT2D eigenvalue weighted by molar-refractivity contribution is -0.114. The van der Waals surface area contributed by atoms with Crippen LogP contribution in [0.1, 0.15) is 59.2 Å². The molecule has 3 aliphatic rings. The minimum Gasteiger partial charge on any atom is -0.339 e. The topological polar surface area (TPSA) is 43.9 Å². The van der Waals surface area contributed by atoms with Crippen molar-refractivity contribution in [2.75, 3.05) is 31.1 Å². The Kier molecular flexibility index (Phi) is 8.08. The van der Waals surface area contributed by atoms with Gasteiger partial charge in [-0.15, -0.1) is 0 Å². The number of piperidine rings is 2. The second kappa shape index (κ2) is 12.0. The molecular weight excluding hydrogens is 514 g/mol. The Morgan fingerprint density at radius 1 is 0.900 bits per heavy atom. The number of hydrogen-bond acceptors (Lipinski definition) is 4. The zero-order valence-corrected chi connectivity index (χ0v) is 24.0. The first-order chi connectivity index (χ1) is 19.5. The summed E-state index contributed by atoms with van der Waals surface area (Å²) in [5.74, 6) is 0.111. The fraction of sp³-hybridized carbons (Fsp3) is 0.353. The van der Waals surface area contributed by atoms with Crippen LogP contribution < -0.4 is 4.90 Å². The molecule has 2 amide bonds. The van der Waals surface area contributed by atoms with Gasteiger partial charge in [-0.05, 0) is 87.2 Å². The maximum Gasteiger partial charge on any atom is 0.265 e. The maximum absolute atomic E-state index is 13.7. The van der Waals surface area contributed by atoms with Crippen molar-refractivity contribution in [2.45, 2.75) is 56.5 Å². The molecule has 0 radical (unpaired) electrons. The number of benzene rings is 3. The lowest BCUT2D eigenvalue weighted by Crippen LogP contribution is -2.48. The Morgan fingerprint density at radius 2 is 1.65 bits per heavy atom. The third kappa shape index (κ3) is 5.89. The van der Waals surface area contributed by atoms with Crippen LogP contribution in [-0.2, 0) is 11.3 Å². The number of para-hydroxylation sites is 1. The molecule has 0 unspecified atom stereocenters. The second-order valence-corrected chi connectivity index (χ2v) is 12.3. The van der Waals surface area contributed by atoms with Crippen molar-refractivity contribution in [3.8, 4) is 0 Å². The Bertz CT molecular complexity index is 1400. The van der Waals surface area contributed by atoms with Crippen LogP contribution in [-0.4, -0.2) is 53.8 Å². The molecule has 0 atom stereocenters. The molecule has 6 heteroatoms. The number of rotatable bonds is 5. The van der Waals surface area contributed by atoms with Crippen molar-refractivity contribution >= 4 is 35.3 Å². The van der Waals surface area contributed by atoms with Gasteiger partial charge in [-0.2, -0.15) is 0 Å². The Balaban J connectivity index is 1.15. The summed E-state index contributed by atoms with van der Waals surface area (Å²) in [6.07, 6.45) is 8.05. The molecule has 0 aromatic heterocycles. The monoisotopic (exact) mass is 551 g/mol. The van der Waals surface area contributed by atoms with E-state index in [-0.39, 0.29) is 11.8 Å². The summed E-state index contributed by atoms with van der Waals surface area (Å²) in [5, 5.41) is 0. The Morgan fingerprint density at radius 3 is 2.40 bits per heavy atom. The molecule has 0 saturated carbocycles. The van der Waals surface area contributed by atoms with E-state index < -0.39 is 0 Å². The number of nitrogens with zero attached hydrogens (tertiary/aromatic N) is 3. The van der Waals surface area contributed by atoms with Gasteiger partial charge in [0.05, 0.1) is 17.1 Å². The number of aryl methyl sites for hydroxylation is 1. The average molecular weight is 552 g/mol. The fourth-order valence-corrected chi connectivity index (χ4v) is 7.24. The van der Waals surface area contributed by atoms with Gasteiger partial charge in [0.15, 0.2) is 0 Å². The molecule has 3 heterocycles. The van der Waals surface area contributed by atoms with Crippen molar-refractivity contribution in [3.63, 3.8) is 0 Å². The zero-order valence-electron chi connectivity index (χ0n) is 23.2. The smallest absolute Gasteiger partial charge is 0.265 e. The molecule has 40 heavy (non-hydrogen) atoms. The predicted molar refractivity (Wildman–Crippen MR) is 163 cm³/mol. The van der Waals surface area contributed by atoms with E-state index in [1.54, 1.807) is 0 Å². The van der Waals surface area contributed by atoms with Gasteiger partial charge in [0.2, 0.25) is 0 Å². The van der Waals surface area contributed by atoms with E-state index >= 15 is 0 Å². The van der Waals surface area contributed by atoms with E-state index in [0.717, 1.165) is 47.6 Å². The van der Waals surface area contributed by atoms with Gasteiger partial charge < -0.3 is 14.7 Å². The van der Waals surface area contributed by atoms with Crippen LogP contribution in [0, 0.1) is 6.92 Å². The first-order valence-corrected chi connectivity index (χ1v) is 15.4. The minimum atomic E-state index is 0.00179. The summed E-state index contributed by atoms with van der Waals surface area (Å²) in [4.78, 5) is 35.2. The summed E-state index contributed by atoms with van der Waals surface area (Å²) in [6.45, 7) is 6.68. The van der Waals surface area contributed by atoms with Crippen LogP contribution in [0.25, 0.3) is 6.08 Å². The van der Waals surface area contributed by atoms with Crippen molar-refractivity contribution < 1.29 is 9.59 Å². The molecule has 0 spiro atoms. The first-order valence-electron chi connectivity index (χ1n) is 14.5. The largest absolute Gasteiger partial charge is 0.339 e. The lowest BCUT2D eigenvalue weighted by Gasteiger charge is -2.40. The van der Waals surface area contributed by atoms with Crippen LogP contribution in [0.2, 0.25) is 0 Å². The summed E-state index contributed by atoms with van der Waals surface area (Å²) >= 11 is 1.51. The second-order valence-electron chi connectivity index (χ2n) is 11.2. The van der Waals surface area contributed by atoms with Gasteiger partial charge in [0.25, 0.3) is 11.8 Å². The van der Waals surface area contributed by atoms with Crippen molar-refractivity contribution in [1.29, 1.82) is 0 Å². The van der Waals surface area contributed by atoms with Gasteiger partial charge in [-0.3, -0.25) is 9.59 Å². The zero-order chi connectivity index (χ0) is 27.5. The van der Waals surface area contributed by atoms with Crippen LogP contribution >= 0.6 is 11.8 Å². The summed E-state index contributed by atoms with van der Waals surface area (Å²) in [5.41, 5.74) is 4.87. The SMILES string of the molecule is Cc1cccc(CN2C(=O)C(=Cc3ccc(C(=O)N4CCC(N5CCCCC5)CC4)cc3)Sc3ccccc32)c1. The van der Waals surface area contributed by atoms with Gasteiger partial charge in [-0.1, -0.05) is 72.3 Å². The molecule has 0 bridgehead atoms. The van der Waals surface area contributed by atoms with Crippen LogP contribution in [0.3, 0.4) is 0 Å². The highest BCUT2D eigenvalue weighted by Crippen LogP contribution is 2.42. The van der Waals surface area contributed by atoms with Crippen LogP contribution in [0.15, 0.2) is 82.6 Å². The van der Waals surface area contributed by atoms with Crippen LogP contribution in [0.5, 0.6) is 0 Å². The van der Waals surface area contributed by atoms with Gasteiger partial charge in [-0.25, -0.2) is 0 Å². The summed E-state index contributed by atoms with van der Waals surface area (Å²) in [7, 11) is 0. The molecule has 2 fully saturated rings. The van der Waals surface area contributed by atoms with Crippen molar-refractivity contribution in [3.05, 3.63) is 100.0 Å². The summed E-state index contributed by atoms with van der Waals surface area (Å²) in [6, 6.07) is 24.7. The van der Waals surface area contributed by atoms with E-state index in [4.69, 9.17) is 0 Å². The highest BCUT2D eigenvalue weighted by molar-refractivity contribution is 8.04. The minimum absolute atomic E-state index is 0.00179. The van der Waals surface area contributed by atoms with Crippen molar-refractivity contribution in [2.24, 2.45) is 0 Å². The molecule has 206 valence electrons. The van der Waals surface area contributed by atoms with E-state index in [2.05, 4.69) is 36.1 Å². The number of anilines is 1. The number of fused-ring (bicyclic) bond motifs is 1. The van der Waals surface area contributed by atoms with E-state index in [0.29, 0.717) is 23.1 Å². The van der Waals surface area contributed by atoms with Gasteiger partial charge >= 0.3 is 0 Å². The number of likely N-dealkylation sites (tertiary alicyclic amines) is 2. The molecule has 5 nitrogen and oxygen atoms in total.